The number of aliphatic hydroxyl groups is 2. The van der Waals surface area contributed by atoms with Crippen LogP contribution in [0.5, 0.6) is 0 Å². The number of hydrogen-bond acceptors (Lipinski definition) is 13. The molecule has 1 aliphatic rings. The highest BCUT2D eigenvalue weighted by molar-refractivity contribution is 5.99. The van der Waals surface area contributed by atoms with Crippen molar-refractivity contribution in [2.24, 2.45) is 27.9 Å². The zero-order valence-electron chi connectivity index (χ0n) is 39.1. The first-order valence-electron chi connectivity index (χ1n) is 23.3. The van der Waals surface area contributed by atoms with Crippen LogP contribution in [0.15, 0.2) is 65.7 Å². The highest BCUT2D eigenvalue weighted by Crippen LogP contribution is 2.11. The van der Waals surface area contributed by atoms with Gasteiger partial charge in [-0.25, -0.2) is 0 Å². The maximum absolute atomic E-state index is 14.1. The van der Waals surface area contributed by atoms with Crippen LogP contribution in [-0.4, -0.2) is 145 Å². The fourth-order valence-corrected chi connectivity index (χ4v) is 7.28. The Bertz CT molecular complexity index is 2010. The van der Waals surface area contributed by atoms with Gasteiger partial charge in [0.25, 0.3) is 0 Å². The molecule has 3 rings (SSSR count). The molecule has 2 aromatic carbocycles. The molecule has 23 heteroatoms. The summed E-state index contributed by atoms with van der Waals surface area (Å²) in [6.45, 7) is 0.0892. The summed E-state index contributed by atoms with van der Waals surface area (Å²) < 4.78 is 0. The molecule has 380 valence electrons. The molecule has 0 aliphatic carbocycles. The fraction of sp³-hybridized carbons (Fsp3) is 0.543. The molecule has 0 spiro atoms. The van der Waals surface area contributed by atoms with Gasteiger partial charge in [0.1, 0.15) is 48.3 Å². The van der Waals surface area contributed by atoms with Crippen LogP contribution < -0.4 is 65.5 Å². The normalized spacial score (nSPS) is 23.9. The van der Waals surface area contributed by atoms with Gasteiger partial charge in [-0.2, -0.15) is 0 Å². The number of carbonyl (C=O) groups is 8. The summed E-state index contributed by atoms with van der Waals surface area (Å²) in [5.74, 6) is -7.16. The lowest BCUT2D eigenvalue weighted by Crippen LogP contribution is -2.62. The van der Waals surface area contributed by atoms with Crippen LogP contribution in [-0.2, 0) is 51.2 Å². The van der Waals surface area contributed by atoms with Crippen LogP contribution >= 0.6 is 0 Å². The Morgan fingerprint density at radius 2 is 0.826 bits per heavy atom. The molecule has 1 saturated heterocycles. The largest absolute Gasteiger partial charge is 0.394 e. The molecular weight excluding hydrogens is 895 g/mol. The van der Waals surface area contributed by atoms with Crippen molar-refractivity contribution in [3.63, 3.8) is 0 Å². The Kier molecular flexibility index (Phi) is 25.1. The molecular formula is C46H71N13O10. The van der Waals surface area contributed by atoms with Crippen LogP contribution in [0.2, 0.25) is 0 Å². The Labute approximate surface area is 401 Å². The maximum Gasteiger partial charge on any atom is 0.245 e. The van der Waals surface area contributed by atoms with Crippen LogP contribution in [0.4, 0.5) is 0 Å². The first-order valence-corrected chi connectivity index (χ1v) is 23.3. The molecule has 23 nitrogen and oxygen atoms in total. The quantitative estimate of drug-likeness (QED) is 0.0364. The van der Waals surface area contributed by atoms with E-state index in [0.29, 0.717) is 31.2 Å². The lowest BCUT2D eigenvalue weighted by Gasteiger charge is -2.28. The first-order chi connectivity index (χ1) is 33.1. The highest BCUT2D eigenvalue weighted by Gasteiger charge is 2.35. The van der Waals surface area contributed by atoms with E-state index in [1.54, 1.807) is 60.7 Å². The van der Waals surface area contributed by atoms with Gasteiger partial charge < -0.3 is 75.7 Å². The second-order valence-electron chi connectivity index (χ2n) is 16.8. The van der Waals surface area contributed by atoms with E-state index >= 15 is 0 Å². The van der Waals surface area contributed by atoms with E-state index in [2.05, 4.69) is 47.5 Å². The van der Waals surface area contributed by atoms with E-state index < -0.39 is 109 Å². The van der Waals surface area contributed by atoms with E-state index in [4.69, 9.17) is 22.9 Å². The minimum absolute atomic E-state index is 0.0174. The number of nitrogens with zero attached hydrogens (tertiary/aromatic N) is 1. The van der Waals surface area contributed by atoms with Gasteiger partial charge in [-0.1, -0.05) is 60.7 Å². The lowest BCUT2D eigenvalue weighted by atomic mass is 10.0. The number of aliphatic hydroxyl groups excluding tert-OH is 2. The van der Waals surface area contributed by atoms with Gasteiger partial charge in [-0.3, -0.25) is 43.3 Å². The van der Waals surface area contributed by atoms with Gasteiger partial charge in [0.15, 0.2) is 5.96 Å². The van der Waals surface area contributed by atoms with Crippen molar-refractivity contribution in [1.82, 2.24) is 42.5 Å². The molecule has 0 bridgehead atoms. The Balaban J connectivity index is 2.11. The third-order valence-corrected chi connectivity index (χ3v) is 11.2. The van der Waals surface area contributed by atoms with Crippen molar-refractivity contribution in [3.8, 4) is 0 Å². The zero-order chi connectivity index (χ0) is 50.7. The summed E-state index contributed by atoms with van der Waals surface area (Å²) in [4.78, 5) is 116. The number of aliphatic imine (C=N–C) groups is 1. The van der Waals surface area contributed by atoms with Crippen LogP contribution in [0.3, 0.4) is 0 Å². The summed E-state index contributed by atoms with van der Waals surface area (Å²) >= 11 is 0. The molecule has 2 aromatic rings. The average molecular weight is 966 g/mol. The van der Waals surface area contributed by atoms with Crippen molar-refractivity contribution < 1.29 is 48.6 Å². The van der Waals surface area contributed by atoms with Crippen molar-refractivity contribution in [2.75, 3.05) is 32.8 Å². The van der Waals surface area contributed by atoms with Crippen LogP contribution in [0.1, 0.15) is 75.8 Å². The van der Waals surface area contributed by atoms with E-state index in [1.807, 2.05) is 0 Å². The number of carbonyl (C=O) groups excluding carboxylic acids is 8. The summed E-state index contributed by atoms with van der Waals surface area (Å²) in [7, 11) is 0. The molecule has 8 amide bonds. The number of unbranched alkanes of at least 4 members (excludes halogenated alkanes) is 2. The van der Waals surface area contributed by atoms with E-state index in [-0.39, 0.29) is 70.5 Å². The molecule has 1 aliphatic heterocycles. The number of amides is 8. The summed E-state index contributed by atoms with van der Waals surface area (Å²) in [6, 6.07) is 6.26. The molecule has 1 fully saturated rings. The summed E-state index contributed by atoms with van der Waals surface area (Å²) in [6.07, 6.45) is 1.97. The molecule has 1 heterocycles. The minimum atomic E-state index is -1.66. The topological polar surface area (TPSA) is 390 Å². The number of aryl methyl sites for hydroxylation is 1. The van der Waals surface area contributed by atoms with Crippen molar-refractivity contribution in [1.29, 1.82) is 0 Å². The molecule has 0 aromatic heterocycles. The third-order valence-electron chi connectivity index (χ3n) is 11.2. The van der Waals surface area contributed by atoms with E-state index in [9.17, 15) is 48.6 Å². The average Bonchev–Trinajstić information content (AvgIpc) is 3.33. The van der Waals surface area contributed by atoms with Crippen molar-refractivity contribution in [3.05, 3.63) is 71.8 Å². The second kappa shape index (κ2) is 30.6. The highest BCUT2D eigenvalue weighted by atomic mass is 16.3. The van der Waals surface area contributed by atoms with Crippen LogP contribution in [0, 0.1) is 0 Å². The van der Waals surface area contributed by atoms with Gasteiger partial charge in [-0.15, -0.1) is 0 Å². The second-order valence-corrected chi connectivity index (χ2v) is 16.8. The third kappa shape index (κ3) is 20.2. The number of guanidine groups is 1. The Morgan fingerprint density at radius 3 is 1.26 bits per heavy atom. The molecule has 0 saturated carbocycles. The minimum Gasteiger partial charge on any atom is -0.394 e. The van der Waals surface area contributed by atoms with Gasteiger partial charge in [0.05, 0.1) is 13.2 Å². The number of benzene rings is 2. The van der Waals surface area contributed by atoms with Gasteiger partial charge in [0, 0.05) is 13.0 Å². The Morgan fingerprint density at radius 1 is 0.464 bits per heavy atom. The smallest absolute Gasteiger partial charge is 0.245 e. The molecule has 8 atom stereocenters. The predicted octanol–water partition coefficient (Wildman–Crippen LogP) is -3.93. The molecule has 0 radical (unpaired) electrons. The number of hydrogen-bond donors (Lipinski definition) is 14. The van der Waals surface area contributed by atoms with Gasteiger partial charge in [0.2, 0.25) is 47.3 Å². The fourth-order valence-electron chi connectivity index (χ4n) is 7.28. The zero-order valence-corrected chi connectivity index (χ0v) is 39.1. The molecule has 69 heavy (non-hydrogen) atoms. The van der Waals surface area contributed by atoms with Crippen molar-refractivity contribution in [2.45, 2.75) is 126 Å². The van der Waals surface area contributed by atoms with Gasteiger partial charge in [-0.05, 0) is 95.3 Å². The molecule has 18 N–H and O–H groups in total. The van der Waals surface area contributed by atoms with Gasteiger partial charge >= 0.3 is 0 Å². The maximum atomic E-state index is 14.1. The first kappa shape index (κ1) is 56.6. The summed E-state index contributed by atoms with van der Waals surface area (Å²) in [5, 5.41) is 41.4. The monoisotopic (exact) mass is 966 g/mol. The van der Waals surface area contributed by atoms with E-state index in [0.717, 1.165) is 5.56 Å². The molecule has 0 unspecified atom stereocenters. The van der Waals surface area contributed by atoms with E-state index in [1.165, 1.54) is 6.92 Å². The number of rotatable bonds is 19. The number of nitrogens with two attached hydrogens (primary N) is 4. The van der Waals surface area contributed by atoms with Crippen molar-refractivity contribution >= 4 is 53.2 Å². The lowest BCUT2D eigenvalue weighted by molar-refractivity contribution is -0.137. The predicted molar refractivity (Wildman–Crippen MR) is 256 cm³/mol. The SMILES string of the molecule is C[C@@H]1NC(=O)[C@@H](Cc2ccccc2)NC(=O)[C@H](CO)NC(=O)[C@H](CCc2ccccc2)NC(=O)[C@H](CO)NC(=O)[C@H](CCCCN)NC(=O)[C@H](CCCN=C(N)N)NC(=O)[C@H](CCCCN)NC1=O. The number of nitrogens with one attached hydrogen (secondary N) is 8. The Hall–Kier alpha value is -6.69. The standard InChI is InChI=1S/C46H71N13O10/c1-28-38(62)53-31(17-8-10-22-47)39(63)55-33(19-12-24-51-46(49)50)40(64)54-32(18-9-11-23-48)41(65)58-36(26-60)44(68)56-34(21-20-29-13-4-2-5-14-29)42(66)59-37(27-61)45(69)57-35(43(67)52-28)25-30-15-6-3-7-16-30/h2-7,13-16,28,31-37,60-61H,8-12,17-27,47-48H2,1H3,(H,52,67)(H,53,62)(H,54,64)(H,55,63)(H,56,68)(H,57,69)(H,58,65)(H,59,66)(H4,49,50,51)/t28-,31-,32-,33-,34-,35+,36-,37-/m0/s1. The van der Waals surface area contributed by atoms with Crippen LogP contribution in [0.25, 0.3) is 0 Å². The summed E-state index contributed by atoms with van der Waals surface area (Å²) in [5.41, 5.74) is 23.9.